The van der Waals surface area contributed by atoms with E-state index < -0.39 is 0 Å². The first-order chi connectivity index (χ1) is 12.9. The largest absolute Gasteiger partial charge is 0.355 e. The lowest BCUT2D eigenvalue weighted by molar-refractivity contribution is 0.570. The monoisotopic (exact) mass is 370 g/mol. The van der Waals surface area contributed by atoms with Crippen molar-refractivity contribution in [3.63, 3.8) is 0 Å². The molecule has 2 saturated heterocycles. The number of hydrogen-bond donors (Lipinski definition) is 0. The van der Waals surface area contributed by atoms with Crippen LogP contribution in [0.2, 0.25) is 0 Å². The van der Waals surface area contributed by atoms with Gasteiger partial charge >= 0.3 is 0 Å². The van der Waals surface area contributed by atoms with Crippen LogP contribution in [0.15, 0.2) is 12.1 Å². The zero-order valence-corrected chi connectivity index (χ0v) is 16.0. The minimum atomic E-state index is 0.988. The van der Waals surface area contributed by atoms with Crippen LogP contribution < -0.4 is 14.7 Å². The van der Waals surface area contributed by atoms with E-state index in [9.17, 15) is 0 Å². The van der Waals surface area contributed by atoms with Gasteiger partial charge in [0.25, 0.3) is 0 Å². The van der Waals surface area contributed by atoms with Crippen LogP contribution in [0.5, 0.6) is 0 Å². The Morgan fingerprint density at radius 3 is 2.00 bits per heavy atom. The van der Waals surface area contributed by atoms with Crippen LogP contribution in [0.4, 0.5) is 16.8 Å². The third-order valence-corrected chi connectivity index (χ3v) is 6.99. The molecule has 7 heteroatoms. The number of anilines is 3. The summed E-state index contributed by atoms with van der Waals surface area (Å²) in [6.07, 6.45) is 7.57. The van der Waals surface area contributed by atoms with Crippen LogP contribution in [0, 0.1) is 0 Å². The fourth-order valence-electron chi connectivity index (χ4n) is 4.22. The maximum Gasteiger partial charge on any atom is 0.185 e. The van der Waals surface area contributed by atoms with Crippen molar-refractivity contribution in [1.82, 2.24) is 15.2 Å². The predicted octanol–water partition coefficient (Wildman–Crippen LogP) is 2.74. The number of aromatic nitrogens is 3. The Morgan fingerprint density at radius 1 is 0.692 bits per heavy atom. The molecule has 2 aromatic rings. The molecule has 2 aromatic heterocycles. The number of rotatable bonds is 3. The third-order valence-electron chi connectivity index (χ3n) is 5.78. The molecule has 0 radical (unpaired) electrons. The second-order valence-corrected chi connectivity index (χ2v) is 8.55. The van der Waals surface area contributed by atoms with E-state index in [0.29, 0.717) is 0 Å². The molecule has 0 spiro atoms. The van der Waals surface area contributed by atoms with Gasteiger partial charge in [-0.25, -0.2) is 4.98 Å². The molecule has 2 aliphatic heterocycles. The molecule has 0 unspecified atom stereocenters. The summed E-state index contributed by atoms with van der Waals surface area (Å²) in [4.78, 5) is 13.5. The van der Waals surface area contributed by atoms with Crippen molar-refractivity contribution >= 4 is 28.1 Å². The van der Waals surface area contributed by atoms with E-state index in [2.05, 4.69) is 37.0 Å². The molecule has 6 nitrogen and oxygen atoms in total. The molecule has 3 aliphatic rings. The quantitative estimate of drug-likeness (QED) is 0.828. The van der Waals surface area contributed by atoms with E-state index in [0.717, 1.165) is 50.9 Å². The highest BCUT2D eigenvalue weighted by Gasteiger charge is 2.24. The summed E-state index contributed by atoms with van der Waals surface area (Å²) in [5, 5.41) is 10.2. The number of piperazine rings is 1. The van der Waals surface area contributed by atoms with Crippen molar-refractivity contribution in [1.29, 1.82) is 0 Å². The lowest BCUT2D eigenvalue weighted by atomic mass is 10.1. The van der Waals surface area contributed by atoms with E-state index in [1.165, 1.54) is 54.2 Å². The molecule has 4 heterocycles. The van der Waals surface area contributed by atoms with Gasteiger partial charge in [0.05, 0.1) is 5.69 Å². The topological polar surface area (TPSA) is 48.4 Å². The Hall–Kier alpha value is -1.89. The molecule has 5 rings (SSSR count). The summed E-state index contributed by atoms with van der Waals surface area (Å²) in [6.45, 7) is 6.24. The highest BCUT2D eigenvalue weighted by molar-refractivity contribution is 7.15. The summed E-state index contributed by atoms with van der Waals surface area (Å²) >= 11 is 1.91. The SMILES string of the molecule is c1cc(N2CCN(c3nc4c(s3)CCC4)CC2)nnc1N1CCCCC1. The lowest BCUT2D eigenvalue weighted by Gasteiger charge is -2.35. The molecule has 138 valence electrons. The van der Waals surface area contributed by atoms with Gasteiger partial charge in [0.1, 0.15) is 0 Å². The second-order valence-electron chi connectivity index (χ2n) is 7.49. The zero-order valence-electron chi connectivity index (χ0n) is 15.2. The minimum Gasteiger partial charge on any atom is -0.355 e. The summed E-state index contributed by atoms with van der Waals surface area (Å²) in [6, 6.07) is 4.29. The molecule has 0 N–H and O–H groups in total. The van der Waals surface area contributed by atoms with Gasteiger partial charge in [-0.15, -0.1) is 21.5 Å². The van der Waals surface area contributed by atoms with Crippen molar-refractivity contribution < 1.29 is 0 Å². The first kappa shape index (κ1) is 16.3. The smallest absolute Gasteiger partial charge is 0.185 e. The first-order valence-corrected chi connectivity index (χ1v) is 10.8. The van der Waals surface area contributed by atoms with Crippen molar-refractivity contribution in [2.75, 3.05) is 54.0 Å². The molecule has 0 saturated carbocycles. The number of nitrogens with zero attached hydrogens (tertiary/aromatic N) is 6. The Morgan fingerprint density at radius 2 is 1.35 bits per heavy atom. The Bertz CT molecular complexity index is 722. The van der Waals surface area contributed by atoms with Gasteiger partial charge in [0.2, 0.25) is 0 Å². The second kappa shape index (κ2) is 7.02. The summed E-state index contributed by atoms with van der Waals surface area (Å²) in [5.41, 5.74) is 1.35. The maximum absolute atomic E-state index is 4.87. The van der Waals surface area contributed by atoms with Gasteiger partial charge in [-0.3, -0.25) is 0 Å². The fourth-order valence-corrected chi connectivity index (χ4v) is 5.42. The minimum absolute atomic E-state index is 0.988. The number of aryl methyl sites for hydroxylation is 2. The normalized spacial score (nSPS) is 20.5. The average Bonchev–Trinajstić information content (AvgIpc) is 3.31. The molecular weight excluding hydrogens is 344 g/mol. The lowest BCUT2D eigenvalue weighted by Crippen LogP contribution is -2.47. The van der Waals surface area contributed by atoms with Crippen LogP contribution in [-0.4, -0.2) is 54.4 Å². The molecule has 1 aliphatic carbocycles. The van der Waals surface area contributed by atoms with Gasteiger partial charge in [0.15, 0.2) is 16.8 Å². The summed E-state index contributed by atoms with van der Waals surface area (Å²) < 4.78 is 0. The summed E-state index contributed by atoms with van der Waals surface area (Å²) in [5.74, 6) is 2.04. The molecule has 0 amide bonds. The maximum atomic E-state index is 4.87. The zero-order chi connectivity index (χ0) is 17.3. The standard InChI is InChI=1S/C19H26N6S/c1-2-9-23(10-3-1)17-7-8-18(22-21-17)24-11-13-25(14-12-24)19-20-15-5-4-6-16(15)26-19/h7-8H,1-6,9-14H2. The van der Waals surface area contributed by atoms with Crippen molar-refractivity contribution in [2.24, 2.45) is 0 Å². The van der Waals surface area contributed by atoms with E-state index in [4.69, 9.17) is 4.98 Å². The Balaban J connectivity index is 1.21. The molecule has 0 aromatic carbocycles. The van der Waals surface area contributed by atoms with Gasteiger partial charge in [-0.2, -0.15) is 0 Å². The van der Waals surface area contributed by atoms with Crippen molar-refractivity contribution in [2.45, 2.75) is 38.5 Å². The molecule has 26 heavy (non-hydrogen) atoms. The summed E-state index contributed by atoms with van der Waals surface area (Å²) in [7, 11) is 0. The number of fused-ring (bicyclic) bond motifs is 1. The van der Waals surface area contributed by atoms with E-state index in [1.54, 1.807) is 0 Å². The molecule has 2 fully saturated rings. The van der Waals surface area contributed by atoms with E-state index in [1.807, 2.05) is 11.3 Å². The Labute approximate surface area is 158 Å². The van der Waals surface area contributed by atoms with E-state index in [-0.39, 0.29) is 0 Å². The van der Waals surface area contributed by atoms with Gasteiger partial charge in [0, 0.05) is 44.1 Å². The fraction of sp³-hybridized carbons (Fsp3) is 0.632. The van der Waals surface area contributed by atoms with Crippen LogP contribution >= 0.6 is 11.3 Å². The molecule has 0 atom stereocenters. The average molecular weight is 371 g/mol. The van der Waals surface area contributed by atoms with Gasteiger partial charge < -0.3 is 14.7 Å². The van der Waals surface area contributed by atoms with Crippen LogP contribution in [-0.2, 0) is 12.8 Å². The first-order valence-electron chi connectivity index (χ1n) is 9.94. The number of thiazole rings is 1. The molecular formula is C19H26N6S. The van der Waals surface area contributed by atoms with E-state index >= 15 is 0 Å². The van der Waals surface area contributed by atoms with Gasteiger partial charge in [-0.05, 0) is 50.7 Å². The van der Waals surface area contributed by atoms with Crippen molar-refractivity contribution in [3.05, 3.63) is 22.7 Å². The highest BCUT2D eigenvalue weighted by Crippen LogP contribution is 2.33. The number of hydrogen-bond acceptors (Lipinski definition) is 7. The highest BCUT2D eigenvalue weighted by atomic mass is 32.1. The van der Waals surface area contributed by atoms with Gasteiger partial charge in [-0.1, -0.05) is 0 Å². The Kier molecular flexibility index (Phi) is 4.40. The molecule has 0 bridgehead atoms. The van der Waals surface area contributed by atoms with Crippen LogP contribution in [0.1, 0.15) is 36.3 Å². The predicted molar refractivity (Wildman–Crippen MR) is 107 cm³/mol. The third kappa shape index (κ3) is 3.13. The van der Waals surface area contributed by atoms with Crippen LogP contribution in [0.25, 0.3) is 0 Å². The van der Waals surface area contributed by atoms with Crippen LogP contribution in [0.3, 0.4) is 0 Å². The number of piperidine rings is 1. The van der Waals surface area contributed by atoms with Crippen molar-refractivity contribution in [3.8, 4) is 0 Å².